The molecule has 0 N–H and O–H groups in total. The van der Waals surface area contributed by atoms with Crippen molar-refractivity contribution in [1.29, 1.82) is 0 Å². The van der Waals surface area contributed by atoms with E-state index in [2.05, 4.69) is 120 Å². The third-order valence-corrected chi connectivity index (χ3v) is 11.4. The molecule has 47 heavy (non-hydrogen) atoms. The number of para-hydroxylation sites is 2. The van der Waals surface area contributed by atoms with E-state index in [4.69, 9.17) is 0 Å². The molecule has 7 rings (SSSR count). The Morgan fingerprint density at radius 2 is 0.809 bits per heavy atom. The van der Waals surface area contributed by atoms with E-state index in [1.54, 1.807) is 0 Å². The maximum atomic E-state index is 2.58. The first-order chi connectivity index (χ1) is 23.3. The predicted molar refractivity (Wildman–Crippen MR) is 208 cm³/mol. The lowest BCUT2D eigenvalue weighted by molar-refractivity contribution is 0.571. The van der Waals surface area contributed by atoms with Crippen LogP contribution in [0.1, 0.15) is 90.9 Å². The minimum Gasteiger partial charge on any atom is -0.340 e. The molecule has 0 aliphatic carbocycles. The van der Waals surface area contributed by atoms with Crippen molar-refractivity contribution in [2.24, 2.45) is 0 Å². The molecule has 242 valence electrons. The molecule has 0 bridgehead atoms. The fourth-order valence-corrected chi connectivity index (χ4v) is 8.63. The van der Waals surface area contributed by atoms with Gasteiger partial charge in [0.1, 0.15) is 0 Å². The molecule has 7 aromatic rings. The lowest BCUT2D eigenvalue weighted by Gasteiger charge is -2.09. The van der Waals surface area contributed by atoms with Gasteiger partial charge in [0.15, 0.2) is 0 Å². The quantitative estimate of drug-likeness (QED) is 0.0932. The van der Waals surface area contributed by atoms with Crippen LogP contribution in [0.25, 0.3) is 64.5 Å². The van der Waals surface area contributed by atoms with Gasteiger partial charge in [-0.25, -0.2) is 0 Å². The molecule has 3 heteroatoms. The summed E-state index contributed by atoms with van der Waals surface area (Å²) in [7, 11) is 0. The highest BCUT2D eigenvalue weighted by molar-refractivity contribution is 7.18. The second kappa shape index (κ2) is 14.9. The van der Waals surface area contributed by atoms with Crippen LogP contribution < -0.4 is 0 Å². The number of rotatable bonds is 16. The van der Waals surface area contributed by atoms with Crippen molar-refractivity contribution in [2.45, 2.75) is 104 Å². The number of thiophene rings is 1. The largest absolute Gasteiger partial charge is 0.340 e. The van der Waals surface area contributed by atoms with E-state index in [0.717, 1.165) is 13.1 Å². The molecule has 3 heterocycles. The molecule has 0 radical (unpaired) electrons. The molecule has 0 amide bonds. The molecule has 0 saturated carbocycles. The van der Waals surface area contributed by atoms with E-state index in [-0.39, 0.29) is 0 Å². The number of aryl methyl sites for hydroxylation is 2. The molecule has 2 nitrogen and oxygen atoms in total. The van der Waals surface area contributed by atoms with E-state index in [9.17, 15) is 0 Å². The van der Waals surface area contributed by atoms with Crippen LogP contribution in [0.2, 0.25) is 0 Å². The molecular weight excluding hydrogens is 589 g/mol. The molecule has 0 aliphatic rings. The third kappa shape index (κ3) is 6.65. The maximum Gasteiger partial charge on any atom is 0.0497 e. The van der Waals surface area contributed by atoms with Crippen LogP contribution in [-0.4, -0.2) is 9.13 Å². The summed E-state index contributed by atoms with van der Waals surface area (Å²) in [5.74, 6) is 0. The number of hydrogen-bond acceptors (Lipinski definition) is 1. The van der Waals surface area contributed by atoms with Crippen molar-refractivity contribution in [3.05, 3.63) is 97.1 Å². The summed E-state index contributed by atoms with van der Waals surface area (Å²) < 4.78 is 5.16. The van der Waals surface area contributed by atoms with Crippen molar-refractivity contribution in [1.82, 2.24) is 9.13 Å². The average molecular weight is 639 g/mol. The van der Waals surface area contributed by atoms with Crippen molar-refractivity contribution < 1.29 is 0 Å². The first-order valence-corrected chi connectivity index (χ1v) is 19.2. The van der Waals surface area contributed by atoms with Crippen LogP contribution in [0.3, 0.4) is 0 Å². The average Bonchev–Trinajstić information content (AvgIpc) is 3.81. The molecule has 0 saturated heterocycles. The van der Waals surface area contributed by atoms with Gasteiger partial charge in [-0.05, 0) is 60.4 Å². The zero-order valence-corrected chi connectivity index (χ0v) is 29.3. The third-order valence-electron chi connectivity index (χ3n) is 10.2. The Morgan fingerprint density at radius 3 is 1.28 bits per heavy atom. The first-order valence-electron chi connectivity index (χ1n) is 18.4. The van der Waals surface area contributed by atoms with Crippen LogP contribution in [0.15, 0.2) is 97.1 Å². The molecular formula is C44H50N2S. The molecule has 0 unspecified atom stereocenters. The monoisotopic (exact) mass is 638 g/mol. The number of fused-ring (bicyclic) bond motifs is 6. The highest BCUT2D eigenvalue weighted by atomic mass is 32.1. The van der Waals surface area contributed by atoms with Gasteiger partial charge < -0.3 is 9.13 Å². The van der Waals surface area contributed by atoms with E-state index in [1.807, 2.05) is 11.3 Å². The van der Waals surface area contributed by atoms with Crippen LogP contribution in [0.5, 0.6) is 0 Å². The van der Waals surface area contributed by atoms with E-state index >= 15 is 0 Å². The van der Waals surface area contributed by atoms with Gasteiger partial charge >= 0.3 is 0 Å². The summed E-state index contributed by atoms with van der Waals surface area (Å²) in [6.07, 6.45) is 15.8. The second-order valence-electron chi connectivity index (χ2n) is 13.5. The summed E-state index contributed by atoms with van der Waals surface area (Å²) in [6, 6.07) is 36.9. The number of nitrogens with zero attached hydrogens (tertiary/aromatic N) is 2. The lowest BCUT2D eigenvalue weighted by Crippen LogP contribution is -1.98. The summed E-state index contributed by atoms with van der Waals surface area (Å²) in [4.78, 5) is 2.68. The zero-order chi connectivity index (χ0) is 32.0. The number of hydrogen-bond donors (Lipinski definition) is 0. The number of unbranched alkanes of at least 4 members (excludes halogenated alkanes) is 10. The first kappa shape index (κ1) is 31.8. The molecule has 0 fully saturated rings. The van der Waals surface area contributed by atoms with Crippen molar-refractivity contribution in [2.75, 3.05) is 0 Å². The van der Waals surface area contributed by atoms with E-state index in [0.29, 0.717) is 0 Å². The fourth-order valence-electron chi connectivity index (χ4n) is 7.64. The molecule has 0 atom stereocenters. The molecule has 3 aromatic heterocycles. The Balaban J connectivity index is 1.17. The van der Waals surface area contributed by atoms with Gasteiger partial charge in [0, 0.05) is 66.5 Å². The highest BCUT2D eigenvalue weighted by Crippen LogP contribution is 2.40. The molecule has 4 aromatic carbocycles. The van der Waals surface area contributed by atoms with Gasteiger partial charge in [0.25, 0.3) is 0 Å². The van der Waals surface area contributed by atoms with Crippen molar-refractivity contribution in [3.63, 3.8) is 0 Å². The van der Waals surface area contributed by atoms with Crippen LogP contribution in [0, 0.1) is 0 Å². The Kier molecular flexibility index (Phi) is 10.1. The van der Waals surface area contributed by atoms with Gasteiger partial charge in [-0.2, -0.15) is 0 Å². The Morgan fingerprint density at radius 1 is 0.404 bits per heavy atom. The van der Waals surface area contributed by atoms with Crippen LogP contribution >= 0.6 is 11.3 Å². The SMILES string of the molecule is CCCCCCCCn1c2ccccc2c2ccc(-c3ccc(-c4ccc5c6ccccc6n(CCCCCCCC)c5c4)s3)cc21. The fraction of sp³-hybridized carbons (Fsp3) is 0.364. The summed E-state index contributed by atoms with van der Waals surface area (Å²) in [5, 5.41) is 5.49. The van der Waals surface area contributed by atoms with Crippen LogP contribution in [0.4, 0.5) is 0 Å². The number of benzene rings is 4. The van der Waals surface area contributed by atoms with Gasteiger partial charge in [-0.1, -0.05) is 139 Å². The lowest BCUT2D eigenvalue weighted by atomic mass is 10.1. The van der Waals surface area contributed by atoms with E-state index in [1.165, 1.54) is 142 Å². The zero-order valence-electron chi connectivity index (χ0n) is 28.4. The van der Waals surface area contributed by atoms with Gasteiger partial charge in [-0.3, -0.25) is 0 Å². The Hall–Kier alpha value is -3.82. The topological polar surface area (TPSA) is 9.86 Å². The Bertz CT molecular complexity index is 1940. The van der Waals surface area contributed by atoms with Crippen molar-refractivity contribution in [3.8, 4) is 20.9 Å². The standard InChI is InChI=1S/C44H50N2S/c1-3-5-7-9-11-17-29-45-39-21-15-13-19-35(39)37-25-23-33(31-41(37)45)43-27-28-44(47-43)34-24-26-38-36-20-14-16-22-40(36)46(42(38)32-34)30-18-12-10-8-6-4-2/h13-16,19-28,31-32H,3-12,17-18,29-30H2,1-2H3. The summed E-state index contributed by atoms with van der Waals surface area (Å²) in [6.45, 7) is 6.76. The van der Waals surface area contributed by atoms with Crippen molar-refractivity contribution >= 4 is 54.9 Å². The number of aromatic nitrogens is 2. The predicted octanol–water partition coefficient (Wildman–Crippen LogP) is 14.0. The minimum atomic E-state index is 1.09. The summed E-state index contributed by atoms with van der Waals surface area (Å²) in [5.41, 5.74) is 8.10. The molecule has 0 spiro atoms. The van der Waals surface area contributed by atoms with Gasteiger partial charge in [0.05, 0.1) is 0 Å². The van der Waals surface area contributed by atoms with Gasteiger partial charge in [-0.15, -0.1) is 11.3 Å². The minimum absolute atomic E-state index is 1.09. The highest BCUT2D eigenvalue weighted by Gasteiger charge is 2.15. The normalized spacial score (nSPS) is 12.0. The van der Waals surface area contributed by atoms with E-state index < -0.39 is 0 Å². The molecule has 0 aliphatic heterocycles. The Labute approximate surface area is 285 Å². The summed E-state index contributed by atoms with van der Waals surface area (Å²) >= 11 is 1.92. The second-order valence-corrected chi connectivity index (χ2v) is 14.6. The van der Waals surface area contributed by atoms with Gasteiger partial charge in [0.2, 0.25) is 0 Å². The smallest absolute Gasteiger partial charge is 0.0497 e. The maximum absolute atomic E-state index is 2.58. The van der Waals surface area contributed by atoms with Crippen LogP contribution in [-0.2, 0) is 13.1 Å².